The average molecular weight is 506 g/mol. The van der Waals surface area contributed by atoms with Crippen LogP contribution in [0.4, 0.5) is 0 Å². The van der Waals surface area contributed by atoms with Gasteiger partial charge in [0, 0.05) is 21.6 Å². The van der Waals surface area contributed by atoms with Crippen LogP contribution in [0.3, 0.4) is 0 Å². The van der Waals surface area contributed by atoms with Crippen molar-refractivity contribution in [3.63, 3.8) is 0 Å². The number of Topliss-reactive ketones (excluding diaryl/α,β-unsaturated/α-hetero) is 1. The van der Waals surface area contributed by atoms with Crippen molar-refractivity contribution < 1.29 is 18.5 Å². The predicted octanol–water partition coefficient (Wildman–Crippen LogP) is 6.26. The molecule has 1 unspecified atom stereocenters. The highest BCUT2D eigenvalue weighted by Gasteiger charge is 2.34. The largest absolute Gasteiger partial charge is 0.486 e. The van der Waals surface area contributed by atoms with E-state index in [9.17, 15) is 13.8 Å². The lowest BCUT2D eigenvalue weighted by atomic mass is 9.74. The van der Waals surface area contributed by atoms with Gasteiger partial charge < -0.3 is 4.74 Å². The summed E-state index contributed by atoms with van der Waals surface area (Å²) in [7, 11) is -1.58. The van der Waals surface area contributed by atoms with E-state index in [1.807, 2.05) is 40.7 Å². The summed E-state index contributed by atoms with van der Waals surface area (Å²) < 4.78 is 22.0. The monoisotopic (exact) mass is 505 g/mol. The van der Waals surface area contributed by atoms with Gasteiger partial charge in [-0.15, -0.1) is 11.3 Å². The first kappa shape index (κ1) is 28.2. The van der Waals surface area contributed by atoms with Crippen LogP contribution in [-0.4, -0.2) is 22.5 Å². The van der Waals surface area contributed by atoms with E-state index < -0.39 is 16.4 Å². The number of ketones is 1. The van der Waals surface area contributed by atoms with E-state index in [1.165, 1.54) is 11.3 Å². The summed E-state index contributed by atoms with van der Waals surface area (Å²) in [6, 6.07) is 8.26. The fraction of sp³-hybridized carbons (Fsp3) is 0.556. The second kappa shape index (κ2) is 11.2. The SMILES string of the molecule is CCC(CC)(c1ccc(OCC(=O)C(C)(C)C)c(C)c1)c1cc(C)c(S(=O)NC(=O)C(C)C)s1. The van der Waals surface area contributed by atoms with Crippen LogP contribution in [0.15, 0.2) is 28.5 Å². The van der Waals surface area contributed by atoms with Crippen LogP contribution in [0.2, 0.25) is 0 Å². The van der Waals surface area contributed by atoms with Crippen LogP contribution < -0.4 is 9.46 Å². The number of amides is 1. The Morgan fingerprint density at radius 2 is 1.68 bits per heavy atom. The Morgan fingerprint density at radius 3 is 2.18 bits per heavy atom. The lowest BCUT2D eigenvalue weighted by Crippen LogP contribution is -2.29. The minimum absolute atomic E-state index is 0.0533. The number of hydrogen-bond donors (Lipinski definition) is 1. The molecule has 0 saturated heterocycles. The molecule has 2 aromatic rings. The molecule has 1 heterocycles. The van der Waals surface area contributed by atoms with Crippen LogP contribution in [0.5, 0.6) is 5.75 Å². The Balaban J connectivity index is 2.38. The third-order valence-corrected chi connectivity index (χ3v) is 9.35. The molecule has 0 saturated carbocycles. The summed E-state index contributed by atoms with van der Waals surface area (Å²) >= 11 is 1.51. The van der Waals surface area contributed by atoms with E-state index in [2.05, 4.69) is 36.8 Å². The third kappa shape index (κ3) is 6.16. The van der Waals surface area contributed by atoms with Crippen LogP contribution in [0, 0.1) is 25.2 Å². The summed E-state index contributed by atoms with van der Waals surface area (Å²) in [5.41, 5.74) is 2.38. The quantitative estimate of drug-likeness (QED) is 0.414. The van der Waals surface area contributed by atoms with Crippen molar-refractivity contribution >= 4 is 34.0 Å². The smallest absolute Gasteiger partial charge is 0.234 e. The summed E-state index contributed by atoms with van der Waals surface area (Å²) in [5.74, 6) is 0.326. The van der Waals surface area contributed by atoms with Crippen LogP contribution in [0.1, 0.15) is 82.9 Å². The molecule has 7 heteroatoms. The number of nitrogens with one attached hydrogen (secondary N) is 1. The Labute approximate surface area is 211 Å². The molecular weight excluding hydrogens is 466 g/mol. The lowest BCUT2D eigenvalue weighted by molar-refractivity contribution is -0.128. The van der Waals surface area contributed by atoms with Crippen molar-refractivity contribution in [3.05, 3.63) is 45.8 Å². The molecule has 0 bridgehead atoms. The number of benzene rings is 1. The summed E-state index contributed by atoms with van der Waals surface area (Å²) in [5, 5.41) is 0. The average Bonchev–Trinajstić information content (AvgIpc) is 3.15. The normalized spacial score (nSPS) is 13.1. The fourth-order valence-corrected chi connectivity index (χ4v) is 6.58. The minimum Gasteiger partial charge on any atom is -0.486 e. The van der Waals surface area contributed by atoms with Crippen molar-refractivity contribution in [2.24, 2.45) is 11.3 Å². The first-order valence-electron chi connectivity index (χ1n) is 11.9. The Hall–Kier alpha value is -1.99. The van der Waals surface area contributed by atoms with Crippen LogP contribution in [0.25, 0.3) is 0 Å². The van der Waals surface area contributed by atoms with Crippen molar-refractivity contribution in [3.8, 4) is 5.75 Å². The molecule has 0 fully saturated rings. The van der Waals surface area contributed by atoms with Gasteiger partial charge in [-0.1, -0.05) is 60.6 Å². The van der Waals surface area contributed by atoms with Gasteiger partial charge in [-0.25, -0.2) is 4.21 Å². The molecule has 34 heavy (non-hydrogen) atoms. The molecule has 1 aromatic heterocycles. The van der Waals surface area contributed by atoms with Gasteiger partial charge in [0.25, 0.3) is 0 Å². The number of carbonyl (C=O) groups is 2. The van der Waals surface area contributed by atoms with Gasteiger partial charge in [0.1, 0.15) is 16.6 Å². The number of thiophene rings is 1. The van der Waals surface area contributed by atoms with Gasteiger partial charge in [0.15, 0.2) is 16.8 Å². The van der Waals surface area contributed by atoms with Crippen molar-refractivity contribution in [1.82, 2.24) is 4.72 Å². The molecule has 0 aliphatic heterocycles. The summed E-state index contributed by atoms with van der Waals surface area (Å²) in [6.07, 6.45) is 1.74. The third-order valence-electron chi connectivity index (χ3n) is 6.36. The van der Waals surface area contributed by atoms with Gasteiger partial charge >= 0.3 is 0 Å². The molecule has 1 amide bonds. The molecule has 0 aliphatic rings. The van der Waals surface area contributed by atoms with Gasteiger partial charge in [-0.05, 0) is 55.5 Å². The van der Waals surface area contributed by atoms with Crippen molar-refractivity contribution in [2.75, 3.05) is 6.61 Å². The van der Waals surface area contributed by atoms with E-state index >= 15 is 0 Å². The second-order valence-corrected chi connectivity index (χ2v) is 12.7. The Bertz CT molecular complexity index is 1060. The molecule has 188 valence electrons. The van der Waals surface area contributed by atoms with Crippen molar-refractivity contribution in [1.29, 1.82) is 0 Å². The molecule has 5 nitrogen and oxygen atoms in total. The maximum absolute atomic E-state index is 12.9. The zero-order valence-corrected chi connectivity index (χ0v) is 23.6. The summed E-state index contributed by atoms with van der Waals surface area (Å²) in [6.45, 7) is 17.6. The van der Waals surface area contributed by atoms with Gasteiger partial charge in [0.05, 0.1) is 0 Å². The molecule has 1 atom stereocenters. The number of ether oxygens (including phenoxy) is 1. The highest BCUT2D eigenvalue weighted by atomic mass is 32.2. The Morgan fingerprint density at radius 1 is 1.06 bits per heavy atom. The first-order chi connectivity index (χ1) is 15.8. The molecule has 1 aromatic carbocycles. The zero-order chi connectivity index (χ0) is 25.8. The summed E-state index contributed by atoms with van der Waals surface area (Å²) in [4.78, 5) is 25.5. The molecule has 2 rings (SSSR count). The molecular formula is C27H39NO4S2. The molecule has 0 aliphatic carbocycles. The number of aryl methyl sites for hydroxylation is 2. The van der Waals surface area contributed by atoms with E-state index in [-0.39, 0.29) is 29.6 Å². The number of rotatable bonds is 10. The highest BCUT2D eigenvalue weighted by Crippen LogP contribution is 2.44. The fourth-order valence-electron chi connectivity index (χ4n) is 3.76. The number of hydrogen-bond acceptors (Lipinski definition) is 5. The first-order valence-corrected chi connectivity index (χ1v) is 13.8. The standard InChI is InChI=1S/C27H39NO4S2/c1-10-27(11-2,23-15-19(6)25(33-23)34(31)28-24(30)17(3)4)20-12-13-21(18(5)14-20)32-16-22(29)26(7,8)9/h12-15,17H,10-11,16H2,1-9H3,(H,28,30). The molecule has 0 spiro atoms. The van der Waals surface area contributed by atoms with E-state index in [4.69, 9.17) is 4.74 Å². The van der Waals surface area contributed by atoms with Gasteiger partial charge in [0.2, 0.25) is 5.91 Å². The predicted molar refractivity (Wildman–Crippen MR) is 141 cm³/mol. The van der Waals surface area contributed by atoms with E-state index in [0.29, 0.717) is 9.96 Å². The van der Waals surface area contributed by atoms with E-state index in [1.54, 1.807) is 13.8 Å². The number of carbonyl (C=O) groups excluding carboxylic acids is 2. The lowest BCUT2D eigenvalue weighted by Gasteiger charge is -2.32. The van der Waals surface area contributed by atoms with Crippen LogP contribution in [-0.2, 0) is 26.0 Å². The molecule has 1 N–H and O–H groups in total. The van der Waals surface area contributed by atoms with Gasteiger partial charge in [-0.2, -0.15) is 0 Å². The Kier molecular flexibility index (Phi) is 9.28. The van der Waals surface area contributed by atoms with Crippen molar-refractivity contribution in [2.45, 2.75) is 84.8 Å². The molecule has 0 radical (unpaired) electrons. The highest BCUT2D eigenvalue weighted by molar-refractivity contribution is 7.86. The maximum Gasteiger partial charge on any atom is 0.234 e. The van der Waals surface area contributed by atoms with E-state index in [0.717, 1.165) is 34.4 Å². The topological polar surface area (TPSA) is 72.5 Å². The second-order valence-electron chi connectivity index (χ2n) is 10.2. The van der Waals surface area contributed by atoms with Crippen LogP contribution >= 0.6 is 11.3 Å². The minimum atomic E-state index is -1.58. The zero-order valence-electron chi connectivity index (χ0n) is 22.0. The maximum atomic E-state index is 12.9. The van der Waals surface area contributed by atoms with Gasteiger partial charge in [-0.3, -0.25) is 14.3 Å².